The van der Waals surface area contributed by atoms with Crippen molar-refractivity contribution in [1.29, 1.82) is 0 Å². The van der Waals surface area contributed by atoms with E-state index in [0.29, 0.717) is 6.54 Å². The second-order valence-corrected chi connectivity index (χ2v) is 3.97. The molecule has 1 aromatic carbocycles. The van der Waals surface area contributed by atoms with Crippen molar-refractivity contribution >= 4 is 18.2 Å². The second kappa shape index (κ2) is 6.40. The largest absolute Gasteiger partial charge is 0.366 e. The number of hydrogen-bond donors (Lipinski definition) is 1. The molecule has 1 heterocycles. The van der Waals surface area contributed by atoms with Gasteiger partial charge in [0.2, 0.25) is 0 Å². The molecule has 98 valence electrons. The molecule has 2 rings (SSSR count). The molecule has 2 aromatic rings. The van der Waals surface area contributed by atoms with Crippen LogP contribution in [0.15, 0.2) is 30.3 Å². The van der Waals surface area contributed by atoms with Gasteiger partial charge in [-0.15, -0.1) is 12.4 Å². The second-order valence-electron chi connectivity index (χ2n) is 3.97. The lowest BCUT2D eigenvalue weighted by Crippen LogP contribution is -2.06. The molecule has 0 radical (unpaired) electrons. The predicted molar refractivity (Wildman–Crippen MR) is 73.6 cm³/mol. The van der Waals surface area contributed by atoms with Crippen LogP contribution in [0.5, 0.6) is 0 Å². The third-order valence-corrected chi connectivity index (χ3v) is 2.56. The van der Waals surface area contributed by atoms with Crippen LogP contribution in [0.1, 0.15) is 18.2 Å². The van der Waals surface area contributed by atoms with E-state index in [0.717, 1.165) is 23.6 Å². The lowest BCUT2D eigenvalue weighted by molar-refractivity contribution is 0.625. The first-order valence-corrected chi connectivity index (χ1v) is 5.72. The van der Waals surface area contributed by atoms with E-state index in [4.69, 9.17) is 0 Å². The van der Waals surface area contributed by atoms with Gasteiger partial charge in [-0.1, -0.05) is 12.1 Å². The van der Waals surface area contributed by atoms with Crippen LogP contribution in [-0.4, -0.2) is 9.78 Å². The van der Waals surface area contributed by atoms with E-state index in [1.165, 1.54) is 12.1 Å². The third kappa shape index (κ3) is 3.47. The first-order chi connectivity index (χ1) is 8.19. The van der Waals surface area contributed by atoms with Crippen LogP contribution in [0.4, 0.5) is 10.2 Å². The third-order valence-electron chi connectivity index (χ3n) is 2.56. The van der Waals surface area contributed by atoms with Crippen molar-refractivity contribution in [2.24, 2.45) is 0 Å². The Morgan fingerprint density at radius 1 is 1.33 bits per heavy atom. The minimum atomic E-state index is -0.204. The summed E-state index contributed by atoms with van der Waals surface area (Å²) < 4.78 is 14.9. The van der Waals surface area contributed by atoms with Gasteiger partial charge in [-0.2, -0.15) is 5.10 Å². The molecule has 18 heavy (non-hydrogen) atoms. The van der Waals surface area contributed by atoms with Crippen LogP contribution < -0.4 is 5.32 Å². The average Bonchev–Trinajstić information content (AvgIpc) is 2.67. The van der Waals surface area contributed by atoms with Crippen molar-refractivity contribution in [3.63, 3.8) is 0 Å². The van der Waals surface area contributed by atoms with Crippen LogP contribution in [0.3, 0.4) is 0 Å². The molecule has 5 heteroatoms. The SMILES string of the molecule is CCn1nc(C)cc1NCc1cccc(F)c1.Cl. The summed E-state index contributed by atoms with van der Waals surface area (Å²) in [6.07, 6.45) is 0. The van der Waals surface area contributed by atoms with Gasteiger partial charge in [-0.05, 0) is 31.5 Å². The number of nitrogens with one attached hydrogen (secondary N) is 1. The molecule has 0 atom stereocenters. The Morgan fingerprint density at radius 2 is 2.11 bits per heavy atom. The number of rotatable bonds is 4. The van der Waals surface area contributed by atoms with Gasteiger partial charge in [-0.3, -0.25) is 0 Å². The number of hydrogen-bond acceptors (Lipinski definition) is 2. The average molecular weight is 270 g/mol. The first kappa shape index (κ1) is 14.5. The Bertz CT molecular complexity index is 511. The number of halogens is 2. The zero-order chi connectivity index (χ0) is 12.3. The molecule has 1 aromatic heterocycles. The quantitative estimate of drug-likeness (QED) is 0.922. The van der Waals surface area contributed by atoms with Gasteiger partial charge < -0.3 is 5.32 Å². The molecular weight excluding hydrogens is 253 g/mol. The van der Waals surface area contributed by atoms with Crippen LogP contribution in [0, 0.1) is 12.7 Å². The van der Waals surface area contributed by atoms with Crippen molar-refractivity contribution in [2.75, 3.05) is 5.32 Å². The maximum Gasteiger partial charge on any atom is 0.124 e. The maximum absolute atomic E-state index is 13.0. The lowest BCUT2D eigenvalue weighted by Gasteiger charge is -2.08. The predicted octanol–water partition coefficient (Wildman–Crippen LogP) is 3.38. The van der Waals surface area contributed by atoms with Gasteiger partial charge in [0.1, 0.15) is 11.6 Å². The molecular formula is C13H17ClFN3. The summed E-state index contributed by atoms with van der Waals surface area (Å²) in [5, 5.41) is 7.60. The van der Waals surface area contributed by atoms with E-state index >= 15 is 0 Å². The van der Waals surface area contributed by atoms with E-state index in [1.807, 2.05) is 30.7 Å². The van der Waals surface area contributed by atoms with Crippen LogP contribution >= 0.6 is 12.4 Å². The fourth-order valence-corrected chi connectivity index (χ4v) is 1.77. The molecule has 1 N–H and O–H groups in total. The Labute approximate surface area is 112 Å². The summed E-state index contributed by atoms with van der Waals surface area (Å²) in [7, 11) is 0. The molecule has 0 bridgehead atoms. The molecule has 0 aliphatic heterocycles. The normalized spacial score (nSPS) is 9.94. The number of aromatic nitrogens is 2. The summed E-state index contributed by atoms with van der Waals surface area (Å²) in [5.74, 6) is 0.763. The number of anilines is 1. The van der Waals surface area contributed by atoms with Crippen molar-refractivity contribution in [2.45, 2.75) is 26.9 Å². The van der Waals surface area contributed by atoms with Gasteiger partial charge in [0, 0.05) is 19.2 Å². The van der Waals surface area contributed by atoms with E-state index in [9.17, 15) is 4.39 Å². The van der Waals surface area contributed by atoms with Crippen molar-refractivity contribution in [3.8, 4) is 0 Å². The monoisotopic (exact) mass is 269 g/mol. The molecule has 3 nitrogen and oxygen atoms in total. The summed E-state index contributed by atoms with van der Waals surface area (Å²) >= 11 is 0. The zero-order valence-corrected chi connectivity index (χ0v) is 11.3. The van der Waals surface area contributed by atoms with Gasteiger partial charge in [0.05, 0.1) is 5.69 Å². The number of benzene rings is 1. The molecule has 0 fully saturated rings. The highest BCUT2D eigenvalue weighted by Crippen LogP contribution is 2.12. The lowest BCUT2D eigenvalue weighted by atomic mass is 10.2. The zero-order valence-electron chi connectivity index (χ0n) is 10.5. The molecule has 0 saturated carbocycles. The van der Waals surface area contributed by atoms with Crippen molar-refractivity contribution < 1.29 is 4.39 Å². The molecule has 0 aliphatic carbocycles. The minimum absolute atomic E-state index is 0. The molecule has 0 amide bonds. The van der Waals surface area contributed by atoms with Crippen molar-refractivity contribution in [1.82, 2.24) is 9.78 Å². The standard InChI is InChI=1S/C13H16FN3.ClH/c1-3-17-13(7-10(2)16-17)15-9-11-5-4-6-12(14)8-11;/h4-8,15H,3,9H2,1-2H3;1H. The smallest absolute Gasteiger partial charge is 0.124 e. The summed E-state index contributed by atoms with van der Waals surface area (Å²) in [6, 6.07) is 8.59. The van der Waals surface area contributed by atoms with Crippen LogP contribution in [-0.2, 0) is 13.1 Å². The summed E-state index contributed by atoms with van der Waals surface area (Å²) in [4.78, 5) is 0. The molecule has 0 spiro atoms. The highest BCUT2D eigenvalue weighted by atomic mass is 35.5. The Hall–Kier alpha value is -1.55. The van der Waals surface area contributed by atoms with Gasteiger partial charge in [0.15, 0.2) is 0 Å². The number of aryl methyl sites for hydroxylation is 2. The van der Waals surface area contributed by atoms with Crippen molar-refractivity contribution in [3.05, 3.63) is 47.4 Å². The van der Waals surface area contributed by atoms with Gasteiger partial charge in [0.25, 0.3) is 0 Å². The Kier molecular flexibility index (Phi) is 5.16. The van der Waals surface area contributed by atoms with Crippen LogP contribution in [0.2, 0.25) is 0 Å². The van der Waals surface area contributed by atoms with E-state index in [2.05, 4.69) is 10.4 Å². The number of nitrogens with zero attached hydrogens (tertiary/aromatic N) is 2. The summed E-state index contributed by atoms with van der Waals surface area (Å²) in [6.45, 7) is 5.42. The minimum Gasteiger partial charge on any atom is -0.366 e. The maximum atomic E-state index is 13.0. The van der Waals surface area contributed by atoms with E-state index in [1.54, 1.807) is 6.07 Å². The van der Waals surface area contributed by atoms with Gasteiger partial charge in [-0.25, -0.2) is 9.07 Å². The fraction of sp³-hybridized carbons (Fsp3) is 0.308. The Morgan fingerprint density at radius 3 is 2.78 bits per heavy atom. The first-order valence-electron chi connectivity index (χ1n) is 5.72. The van der Waals surface area contributed by atoms with Crippen LogP contribution in [0.25, 0.3) is 0 Å². The molecule has 0 aliphatic rings. The van der Waals surface area contributed by atoms with E-state index in [-0.39, 0.29) is 18.2 Å². The Balaban J connectivity index is 0.00000162. The van der Waals surface area contributed by atoms with Gasteiger partial charge >= 0.3 is 0 Å². The topological polar surface area (TPSA) is 29.9 Å². The molecule has 0 unspecified atom stereocenters. The summed E-state index contributed by atoms with van der Waals surface area (Å²) in [5.41, 5.74) is 1.90. The fourth-order valence-electron chi connectivity index (χ4n) is 1.77. The highest BCUT2D eigenvalue weighted by Gasteiger charge is 2.03. The highest BCUT2D eigenvalue weighted by molar-refractivity contribution is 5.85. The van der Waals surface area contributed by atoms with E-state index < -0.39 is 0 Å². The molecule has 0 saturated heterocycles.